The highest BCUT2D eigenvalue weighted by molar-refractivity contribution is 9.10. The van der Waals surface area contributed by atoms with Gasteiger partial charge in [0.2, 0.25) is 0 Å². The van der Waals surface area contributed by atoms with E-state index in [1.165, 1.54) is 12.8 Å². The van der Waals surface area contributed by atoms with Crippen LogP contribution in [-0.2, 0) is 0 Å². The van der Waals surface area contributed by atoms with Crippen molar-refractivity contribution in [2.45, 2.75) is 12.8 Å². The minimum Gasteiger partial charge on any atom is -0.373 e. The summed E-state index contributed by atoms with van der Waals surface area (Å²) in [6.45, 7) is 1.06. The van der Waals surface area contributed by atoms with Gasteiger partial charge in [-0.05, 0) is 37.0 Å². The molecule has 78 valence electrons. The summed E-state index contributed by atoms with van der Waals surface area (Å²) in [5, 5.41) is 9.02. The van der Waals surface area contributed by atoms with Crippen LogP contribution in [0.1, 0.15) is 18.4 Å². The number of rotatable bonds is 3. The lowest BCUT2D eigenvalue weighted by Gasteiger charge is -2.20. The second kappa shape index (κ2) is 4.24. The van der Waals surface area contributed by atoms with Crippen LogP contribution in [0.2, 0.25) is 0 Å². The van der Waals surface area contributed by atoms with Gasteiger partial charge in [-0.3, -0.25) is 0 Å². The molecule has 2 rings (SSSR count). The third-order valence-corrected chi connectivity index (χ3v) is 3.21. The van der Waals surface area contributed by atoms with Crippen LogP contribution >= 0.6 is 15.9 Å². The Morgan fingerprint density at radius 3 is 2.87 bits per heavy atom. The van der Waals surface area contributed by atoms with Crippen LogP contribution in [0.25, 0.3) is 0 Å². The Kier molecular flexibility index (Phi) is 2.97. The van der Waals surface area contributed by atoms with Crippen molar-refractivity contribution >= 4 is 21.6 Å². The first-order chi connectivity index (χ1) is 7.20. The van der Waals surface area contributed by atoms with Crippen LogP contribution < -0.4 is 4.90 Å². The minimum absolute atomic E-state index is 0.751. The lowest BCUT2D eigenvalue weighted by molar-refractivity contribution is 0.786. The third kappa shape index (κ3) is 2.51. The number of benzene rings is 1. The largest absolute Gasteiger partial charge is 0.373 e. The number of nitriles is 1. The first-order valence-electron chi connectivity index (χ1n) is 5.11. The summed E-state index contributed by atoms with van der Waals surface area (Å²) < 4.78 is 1.03. The molecule has 1 saturated carbocycles. The van der Waals surface area contributed by atoms with E-state index < -0.39 is 0 Å². The van der Waals surface area contributed by atoms with Crippen LogP contribution in [0.15, 0.2) is 22.7 Å². The molecule has 0 radical (unpaired) electrons. The average molecular weight is 265 g/mol. The van der Waals surface area contributed by atoms with Gasteiger partial charge in [-0.15, -0.1) is 0 Å². The van der Waals surface area contributed by atoms with Gasteiger partial charge in [0.25, 0.3) is 0 Å². The Morgan fingerprint density at radius 2 is 2.27 bits per heavy atom. The van der Waals surface area contributed by atoms with Gasteiger partial charge in [0.15, 0.2) is 0 Å². The summed E-state index contributed by atoms with van der Waals surface area (Å²) in [6.07, 6.45) is 2.67. The molecule has 1 aliphatic carbocycles. The summed E-state index contributed by atoms with van der Waals surface area (Å²) in [4.78, 5) is 2.18. The molecule has 0 heterocycles. The maximum Gasteiger partial charge on any atom is 0.101 e. The van der Waals surface area contributed by atoms with Crippen molar-refractivity contribution in [1.82, 2.24) is 0 Å². The van der Waals surface area contributed by atoms with E-state index in [-0.39, 0.29) is 0 Å². The van der Waals surface area contributed by atoms with E-state index in [9.17, 15) is 0 Å². The molecule has 0 amide bonds. The molecule has 0 aromatic heterocycles. The van der Waals surface area contributed by atoms with Crippen molar-refractivity contribution in [3.05, 3.63) is 28.2 Å². The van der Waals surface area contributed by atoms with Gasteiger partial charge in [0.05, 0.1) is 11.3 Å². The molecule has 1 fully saturated rings. The molecule has 3 heteroatoms. The Labute approximate surface area is 98.6 Å². The highest BCUT2D eigenvalue weighted by Crippen LogP contribution is 2.32. The Hall–Kier alpha value is -1.01. The Morgan fingerprint density at radius 1 is 1.53 bits per heavy atom. The topological polar surface area (TPSA) is 27.0 Å². The zero-order valence-electron chi connectivity index (χ0n) is 8.70. The highest BCUT2D eigenvalue weighted by atomic mass is 79.9. The third-order valence-electron chi connectivity index (χ3n) is 2.72. The summed E-state index contributed by atoms with van der Waals surface area (Å²) in [7, 11) is 2.06. The molecule has 1 aromatic rings. The van der Waals surface area contributed by atoms with E-state index in [0.717, 1.165) is 28.2 Å². The second-order valence-electron chi connectivity index (χ2n) is 4.10. The quantitative estimate of drug-likeness (QED) is 0.839. The first kappa shape index (κ1) is 10.5. The van der Waals surface area contributed by atoms with Crippen molar-refractivity contribution in [1.29, 1.82) is 5.26 Å². The molecule has 0 bridgehead atoms. The number of hydrogen-bond acceptors (Lipinski definition) is 2. The lowest BCUT2D eigenvalue weighted by atomic mass is 10.2. The number of hydrogen-bond donors (Lipinski definition) is 0. The number of nitrogens with zero attached hydrogens (tertiary/aromatic N) is 2. The molecule has 1 aliphatic rings. The van der Waals surface area contributed by atoms with Gasteiger partial charge in [-0.1, -0.05) is 15.9 Å². The predicted octanol–water partition coefficient (Wildman–Crippen LogP) is 3.17. The SMILES string of the molecule is CN(CC1CC1)c1cc(Br)ccc1C#N. The maximum absolute atomic E-state index is 9.02. The van der Waals surface area contributed by atoms with Gasteiger partial charge in [0, 0.05) is 18.1 Å². The molecule has 15 heavy (non-hydrogen) atoms. The van der Waals surface area contributed by atoms with Crippen molar-refractivity contribution in [3.8, 4) is 6.07 Å². The monoisotopic (exact) mass is 264 g/mol. The van der Waals surface area contributed by atoms with E-state index in [4.69, 9.17) is 5.26 Å². The van der Waals surface area contributed by atoms with Crippen molar-refractivity contribution in [2.24, 2.45) is 5.92 Å². The standard InChI is InChI=1S/C12H13BrN2/c1-15(8-9-2-3-9)12-6-11(13)5-4-10(12)7-14/h4-6,9H,2-3,8H2,1H3. The fraction of sp³-hybridized carbons (Fsp3) is 0.417. The summed E-state index contributed by atoms with van der Waals surface area (Å²) in [5.74, 6) is 0.834. The molecule has 0 saturated heterocycles. The van der Waals surface area contributed by atoms with Gasteiger partial charge < -0.3 is 4.90 Å². The molecule has 0 atom stereocenters. The van der Waals surface area contributed by atoms with E-state index in [1.807, 2.05) is 18.2 Å². The van der Waals surface area contributed by atoms with Gasteiger partial charge in [0.1, 0.15) is 6.07 Å². The molecule has 0 unspecified atom stereocenters. The fourth-order valence-electron chi connectivity index (χ4n) is 1.70. The smallest absolute Gasteiger partial charge is 0.101 e. The van der Waals surface area contributed by atoms with Crippen LogP contribution in [0.5, 0.6) is 0 Å². The Balaban J connectivity index is 2.23. The van der Waals surface area contributed by atoms with Crippen molar-refractivity contribution < 1.29 is 0 Å². The molecule has 1 aromatic carbocycles. The molecular weight excluding hydrogens is 252 g/mol. The van der Waals surface area contributed by atoms with Crippen molar-refractivity contribution in [3.63, 3.8) is 0 Å². The van der Waals surface area contributed by atoms with Crippen LogP contribution in [-0.4, -0.2) is 13.6 Å². The maximum atomic E-state index is 9.02. The zero-order valence-corrected chi connectivity index (χ0v) is 10.3. The van der Waals surface area contributed by atoms with E-state index >= 15 is 0 Å². The van der Waals surface area contributed by atoms with Crippen LogP contribution in [0.3, 0.4) is 0 Å². The van der Waals surface area contributed by atoms with E-state index in [2.05, 4.69) is 33.9 Å². The molecule has 0 aliphatic heterocycles. The van der Waals surface area contributed by atoms with Crippen molar-refractivity contribution in [2.75, 3.05) is 18.5 Å². The van der Waals surface area contributed by atoms with Gasteiger partial charge >= 0.3 is 0 Å². The van der Waals surface area contributed by atoms with Gasteiger partial charge in [-0.25, -0.2) is 0 Å². The predicted molar refractivity (Wildman–Crippen MR) is 64.9 cm³/mol. The molecule has 2 nitrogen and oxygen atoms in total. The van der Waals surface area contributed by atoms with E-state index in [0.29, 0.717) is 0 Å². The normalized spacial score (nSPS) is 14.7. The molecule has 0 spiro atoms. The van der Waals surface area contributed by atoms with E-state index in [1.54, 1.807) is 0 Å². The fourth-order valence-corrected chi connectivity index (χ4v) is 2.05. The molecule has 0 N–H and O–H groups in total. The minimum atomic E-state index is 0.751. The number of anilines is 1. The van der Waals surface area contributed by atoms with Crippen LogP contribution in [0.4, 0.5) is 5.69 Å². The highest BCUT2D eigenvalue weighted by Gasteiger charge is 2.23. The second-order valence-corrected chi connectivity index (χ2v) is 5.01. The average Bonchev–Trinajstić information content (AvgIpc) is 3.01. The number of halogens is 1. The summed E-state index contributed by atoms with van der Waals surface area (Å²) >= 11 is 3.44. The summed E-state index contributed by atoms with van der Waals surface area (Å²) in [5.41, 5.74) is 1.78. The molecular formula is C12H13BrN2. The summed E-state index contributed by atoms with van der Waals surface area (Å²) in [6, 6.07) is 8.02. The first-order valence-corrected chi connectivity index (χ1v) is 5.91. The van der Waals surface area contributed by atoms with Crippen LogP contribution in [0, 0.1) is 17.2 Å². The lowest BCUT2D eigenvalue weighted by Crippen LogP contribution is -2.20. The van der Waals surface area contributed by atoms with Gasteiger partial charge in [-0.2, -0.15) is 5.26 Å². The Bertz CT molecular complexity index is 405. The zero-order chi connectivity index (χ0) is 10.8.